The molecule has 2 aliphatic rings. The van der Waals surface area contributed by atoms with Crippen LogP contribution in [0.4, 0.5) is 5.69 Å². The molecule has 8 heteroatoms. The number of nitrogens with zero attached hydrogens (tertiary/aromatic N) is 1. The molecular weight excluding hydrogens is 464 g/mol. The van der Waals surface area contributed by atoms with Gasteiger partial charge in [-0.1, -0.05) is 42.0 Å². The van der Waals surface area contributed by atoms with Gasteiger partial charge < -0.3 is 10.1 Å². The smallest absolute Gasteiger partial charge is 0.331 e. The number of fused-ring (bicyclic) bond motifs is 1. The number of carbonyl (C=O) groups excluding carboxylic acids is 2. The van der Waals surface area contributed by atoms with Crippen molar-refractivity contribution in [2.75, 3.05) is 24.0 Å². The van der Waals surface area contributed by atoms with Crippen LogP contribution in [0, 0.1) is 0 Å². The first-order chi connectivity index (χ1) is 16.9. The standard InChI is InChI=1S/C27H30N2O5S/c30-26(28-18-16-21-6-2-1-3-7-21)20-34-27(31)15-12-22-10-13-24(14-11-22)35(32,33)29-19-17-23-8-4-5-9-25(23)29/h4-6,8-15H,1-3,7,16-20H2,(H,28,30)/b15-12+. The molecule has 0 atom stereocenters. The van der Waals surface area contributed by atoms with Crippen molar-refractivity contribution in [1.29, 1.82) is 0 Å². The second-order valence-corrected chi connectivity index (χ2v) is 10.5. The number of sulfonamides is 1. The molecule has 1 heterocycles. The lowest BCUT2D eigenvalue weighted by atomic mass is 9.97. The molecule has 184 valence electrons. The number of nitrogens with one attached hydrogen (secondary N) is 1. The van der Waals surface area contributed by atoms with Crippen LogP contribution in [-0.4, -0.2) is 40.0 Å². The van der Waals surface area contributed by atoms with E-state index in [-0.39, 0.29) is 17.4 Å². The molecule has 2 aromatic carbocycles. The SMILES string of the molecule is O=C(COC(=O)/C=C/c1ccc(S(=O)(=O)N2CCc3ccccc32)cc1)NCCC1=CCCCC1. The van der Waals surface area contributed by atoms with E-state index >= 15 is 0 Å². The molecule has 0 aromatic heterocycles. The van der Waals surface area contributed by atoms with Crippen LogP contribution in [-0.2, 0) is 30.8 Å². The largest absolute Gasteiger partial charge is 0.452 e. The molecule has 35 heavy (non-hydrogen) atoms. The Morgan fingerprint density at radius 1 is 1.03 bits per heavy atom. The van der Waals surface area contributed by atoms with Gasteiger partial charge in [0.15, 0.2) is 6.61 Å². The number of ether oxygens (including phenoxy) is 1. The summed E-state index contributed by atoms with van der Waals surface area (Å²) in [6.07, 6.45) is 11.1. The van der Waals surface area contributed by atoms with E-state index in [4.69, 9.17) is 4.74 Å². The highest BCUT2D eigenvalue weighted by Crippen LogP contribution is 2.32. The third-order valence-electron chi connectivity index (χ3n) is 6.22. The molecule has 0 radical (unpaired) electrons. The van der Waals surface area contributed by atoms with E-state index in [1.54, 1.807) is 12.1 Å². The van der Waals surface area contributed by atoms with Crippen molar-refractivity contribution in [2.24, 2.45) is 0 Å². The van der Waals surface area contributed by atoms with Gasteiger partial charge in [-0.05, 0) is 73.9 Å². The average molecular weight is 495 g/mol. The fourth-order valence-electron chi connectivity index (χ4n) is 4.33. The number of hydrogen-bond acceptors (Lipinski definition) is 5. The summed E-state index contributed by atoms with van der Waals surface area (Å²) < 4.78 is 32.6. The van der Waals surface area contributed by atoms with Crippen LogP contribution in [0.1, 0.15) is 43.2 Å². The predicted octanol–water partition coefficient (Wildman–Crippen LogP) is 4.00. The molecule has 2 aromatic rings. The van der Waals surface area contributed by atoms with E-state index in [9.17, 15) is 18.0 Å². The summed E-state index contributed by atoms with van der Waals surface area (Å²) in [4.78, 5) is 24.0. The van der Waals surface area contributed by atoms with Crippen LogP contribution >= 0.6 is 0 Å². The van der Waals surface area contributed by atoms with Crippen LogP contribution in [0.5, 0.6) is 0 Å². The highest BCUT2D eigenvalue weighted by atomic mass is 32.2. The number of rotatable bonds is 9. The Balaban J connectivity index is 1.25. The first kappa shape index (κ1) is 24.7. The van der Waals surface area contributed by atoms with Gasteiger partial charge in [-0.3, -0.25) is 9.10 Å². The van der Waals surface area contributed by atoms with Crippen LogP contribution in [0.3, 0.4) is 0 Å². The monoisotopic (exact) mass is 494 g/mol. The van der Waals surface area contributed by atoms with Gasteiger partial charge in [-0.15, -0.1) is 0 Å². The molecule has 1 aliphatic carbocycles. The number of carbonyl (C=O) groups is 2. The van der Waals surface area contributed by atoms with Gasteiger partial charge in [0.2, 0.25) is 0 Å². The Bertz CT molecular complexity index is 1230. The van der Waals surface area contributed by atoms with E-state index < -0.39 is 16.0 Å². The van der Waals surface area contributed by atoms with Crippen LogP contribution < -0.4 is 9.62 Å². The Kier molecular flexibility index (Phi) is 8.02. The zero-order chi connectivity index (χ0) is 24.7. The molecule has 7 nitrogen and oxygen atoms in total. The van der Waals surface area contributed by atoms with Crippen molar-refractivity contribution in [3.05, 3.63) is 77.4 Å². The van der Waals surface area contributed by atoms with Gasteiger partial charge in [-0.25, -0.2) is 13.2 Å². The zero-order valence-electron chi connectivity index (χ0n) is 19.6. The molecule has 1 amide bonds. The third kappa shape index (κ3) is 6.39. The van der Waals surface area contributed by atoms with E-state index in [1.165, 1.54) is 47.0 Å². The Morgan fingerprint density at radius 2 is 1.83 bits per heavy atom. The molecule has 1 N–H and O–H groups in total. The van der Waals surface area contributed by atoms with Gasteiger partial charge in [0.05, 0.1) is 10.6 Å². The number of anilines is 1. The summed E-state index contributed by atoms with van der Waals surface area (Å²) in [6.45, 7) is 0.619. The lowest BCUT2D eigenvalue weighted by Crippen LogP contribution is -2.29. The van der Waals surface area contributed by atoms with E-state index in [0.29, 0.717) is 30.8 Å². The van der Waals surface area contributed by atoms with Gasteiger partial charge >= 0.3 is 5.97 Å². The molecule has 0 saturated carbocycles. The first-order valence-corrected chi connectivity index (χ1v) is 13.4. The maximum atomic E-state index is 13.1. The number of hydrogen-bond donors (Lipinski definition) is 1. The van der Waals surface area contributed by atoms with E-state index in [0.717, 1.165) is 24.8 Å². The minimum Gasteiger partial charge on any atom is -0.452 e. The highest BCUT2D eigenvalue weighted by Gasteiger charge is 2.30. The van der Waals surface area contributed by atoms with Crippen molar-refractivity contribution in [3.8, 4) is 0 Å². The Hall–Kier alpha value is -3.39. The number of esters is 1. The van der Waals surface area contributed by atoms with E-state index in [1.807, 2.05) is 24.3 Å². The quantitative estimate of drug-likeness (QED) is 0.323. The number of para-hydroxylation sites is 1. The zero-order valence-corrected chi connectivity index (χ0v) is 20.4. The van der Waals surface area contributed by atoms with Crippen molar-refractivity contribution in [3.63, 3.8) is 0 Å². The topological polar surface area (TPSA) is 92.8 Å². The maximum Gasteiger partial charge on any atom is 0.331 e. The van der Waals surface area contributed by atoms with Crippen LogP contribution in [0.2, 0.25) is 0 Å². The van der Waals surface area contributed by atoms with Gasteiger partial charge in [0.25, 0.3) is 15.9 Å². The molecular formula is C27H30N2O5S. The molecule has 0 bridgehead atoms. The second-order valence-electron chi connectivity index (χ2n) is 8.67. The molecule has 0 fully saturated rings. The van der Waals surface area contributed by atoms with Crippen molar-refractivity contribution in [1.82, 2.24) is 5.32 Å². The minimum atomic E-state index is -3.66. The molecule has 0 spiro atoms. The summed E-state index contributed by atoms with van der Waals surface area (Å²) in [5, 5.41) is 2.77. The average Bonchev–Trinajstić information content (AvgIpc) is 3.32. The van der Waals surface area contributed by atoms with Crippen molar-refractivity contribution >= 4 is 33.7 Å². The minimum absolute atomic E-state index is 0.189. The second kappa shape index (κ2) is 11.4. The van der Waals surface area contributed by atoms with Crippen molar-refractivity contribution < 1.29 is 22.7 Å². The fraction of sp³-hybridized carbons (Fsp3) is 0.333. The van der Waals surface area contributed by atoms with Gasteiger partial charge in [0.1, 0.15) is 0 Å². The maximum absolute atomic E-state index is 13.1. The van der Waals surface area contributed by atoms with Gasteiger partial charge in [-0.2, -0.15) is 0 Å². The normalized spacial score (nSPS) is 15.5. The molecule has 0 saturated heterocycles. The Morgan fingerprint density at radius 3 is 2.60 bits per heavy atom. The molecule has 1 aliphatic heterocycles. The summed E-state index contributed by atoms with van der Waals surface area (Å²) in [5.41, 5.74) is 3.76. The predicted molar refractivity (Wildman–Crippen MR) is 135 cm³/mol. The molecule has 0 unspecified atom stereocenters. The highest BCUT2D eigenvalue weighted by molar-refractivity contribution is 7.92. The van der Waals surface area contributed by atoms with Crippen molar-refractivity contribution in [2.45, 2.75) is 43.4 Å². The summed E-state index contributed by atoms with van der Waals surface area (Å²) in [6, 6.07) is 13.8. The number of allylic oxidation sites excluding steroid dienone is 1. The third-order valence-corrected chi connectivity index (χ3v) is 8.05. The summed E-state index contributed by atoms with van der Waals surface area (Å²) in [5.74, 6) is -0.971. The van der Waals surface area contributed by atoms with Crippen LogP contribution in [0.25, 0.3) is 6.08 Å². The molecule has 4 rings (SSSR count). The first-order valence-electron chi connectivity index (χ1n) is 11.9. The van der Waals surface area contributed by atoms with Gasteiger partial charge in [0, 0.05) is 19.2 Å². The lowest BCUT2D eigenvalue weighted by molar-refractivity contribution is -0.143. The summed E-state index contributed by atoms with van der Waals surface area (Å²) >= 11 is 0. The van der Waals surface area contributed by atoms with E-state index in [2.05, 4.69) is 11.4 Å². The Labute approximate surface area is 206 Å². The number of benzene rings is 2. The van der Waals surface area contributed by atoms with Crippen LogP contribution in [0.15, 0.2) is 71.2 Å². The fourth-order valence-corrected chi connectivity index (χ4v) is 5.83. The summed E-state index contributed by atoms with van der Waals surface area (Å²) in [7, 11) is -3.66. The lowest BCUT2D eigenvalue weighted by Gasteiger charge is -2.19. The number of amides is 1.